The molecule has 1 saturated heterocycles. The Balaban J connectivity index is 1.38. The lowest BCUT2D eigenvalue weighted by Gasteiger charge is -2.15. The second-order valence-corrected chi connectivity index (χ2v) is 7.05. The predicted octanol–water partition coefficient (Wildman–Crippen LogP) is 3.44. The number of rotatable bonds is 8. The standard InChI is InChI=1S/C22H30N4O/c1-18-4-8-20(9-5-18)25-22(23)24-13-12-19-6-10-21(11-7-19)27-17-16-26-14-2-3-15-26/h4-11H,2-3,12-17H2,1H3,(H3,23,24,25). The van der Waals surface area contributed by atoms with Crippen molar-refractivity contribution < 1.29 is 4.74 Å². The Morgan fingerprint density at radius 3 is 2.48 bits per heavy atom. The van der Waals surface area contributed by atoms with Crippen LogP contribution in [0.1, 0.15) is 24.0 Å². The Morgan fingerprint density at radius 1 is 1.07 bits per heavy atom. The molecular weight excluding hydrogens is 336 g/mol. The quantitative estimate of drug-likeness (QED) is 0.555. The maximum atomic E-state index is 5.95. The van der Waals surface area contributed by atoms with Gasteiger partial charge in [0.2, 0.25) is 0 Å². The number of ether oxygens (including phenoxy) is 1. The van der Waals surface area contributed by atoms with Crippen LogP contribution < -0.4 is 15.8 Å². The molecule has 3 N–H and O–H groups in total. The second-order valence-electron chi connectivity index (χ2n) is 7.05. The van der Waals surface area contributed by atoms with Crippen LogP contribution in [0.15, 0.2) is 53.5 Å². The number of hydrogen-bond donors (Lipinski definition) is 2. The van der Waals surface area contributed by atoms with Gasteiger partial charge < -0.3 is 15.8 Å². The lowest BCUT2D eigenvalue weighted by Crippen LogP contribution is -2.25. The Bertz CT molecular complexity index is 719. The third-order valence-electron chi connectivity index (χ3n) is 4.80. The van der Waals surface area contributed by atoms with Crippen molar-refractivity contribution in [2.75, 3.05) is 38.1 Å². The first kappa shape index (κ1) is 19.2. The molecule has 1 heterocycles. The molecule has 0 saturated carbocycles. The molecule has 5 heteroatoms. The van der Waals surface area contributed by atoms with Crippen LogP contribution in [-0.2, 0) is 6.42 Å². The van der Waals surface area contributed by atoms with E-state index in [1.54, 1.807) is 0 Å². The van der Waals surface area contributed by atoms with Gasteiger partial charge in [-0.25, -0.2) is 0 Å². The van der Waals surface area contributed by atoms with Crippen LogP contribution >= 0.6 is 0 Å². The predicted molar refractivity (Wildman–Crippen MR) is 113 cm³/mol. The lowest BCUT2D eigenvalue weighted by atomic mass is 10.1. The Kier molecular flexibility index (Phi) is 7.11. The van der Waals surface area contributed by atoms with E-state index in [0.29, 0.717) is 12.5 Å². The average molecular weight is 367 g/mol. The zero-order valence-corrected chi connectivity index (χ0v) is 16.2. The van der Waals surface area contributed by atoms with E-state index in [-0.39, 0.29) is 0 Å². The number of nitrogens with one attached hydrogen (secondary N) is 1. The summed E-state index contributed by atoms with van der Waals surface area (Å²) in [5, 5.41) is 3.11. The Labute approximate surface area is 162 Å². The first-order valence-corrected chi connectivity index (χ1v) is 9.77. The molecule has 27 heavy (non-hydrogen) atoms. The van der Waals surface area contributed by atoms with Crippen molar-refractivity contribution in [2.45, 2.75) is 26.2 Å². The van der Waals surface area contributed by atoms with E-state index in [0.717, 1.165) is 31.0 Å². The molecule has 0 aliphatic carbocycles. The molecule has 0 atom stereocenters. The number of nitrogens with two attached hydrogens (primary N) is 1. The smallest absolute Gasteiger partial charge is 0.193 e. The van der Waals surface area contributed by atoms with Gasteiger partial charge in [0.25, 0.3) is 0 Å². The van der Waals surface area contributed by atoms with Crippen LogP contribution in [0.4, 0.5) is 5.69 Å². The van der Waals surface area contributed by atoms with E-state index in [1.165, 1.54) is 37.1 Å². The van der Waals surface area contributed by atoms with Crippen molar-refractivity contribution in [3.05, 3.63) is 59.7 Å². The van der Waals surface area contributed by atoms with Gasteiger partial charge in [0.05, 0.1) is 0 Å². The monoisotopic (exact) mass is 366 g/mol. The van der Waals surface area contributed by atoms with Crippen molar-refractivity contribution in [1.29, 1.82) is 0 Å². The molecule has 1 aliphatic heterocycles. The first-order chi connectivity index (χ1) is 13.2. The number of nitrogens with zero attached hydrogens (tertiary/aromatic N) is 2. The van der Waals surface area contributed by atoms with Gasteiger partial charge in [-0.05, 0) is 69.1 Å². The highest BCUT2D eigenvalue weighted by atomic mass is 16.5. The highest BCUT2D eigenvalue weighted by Crippen LogP contribution is 2.14. The summed E-state index contributed by atoms with van der Waals surface area (Å²) in [6, 6.07) is 16.4. The fraction of sp³-hybridized carbons (Fsp3) is 0.409. The fourth-order valence-electron chi connectivity index (χ4n) is 3.18. The zero-order chi connectivity index (χ0) is 18.9. The molecule has 3 rings (SSSR count). The fourth-order valence-corrected chi connectivity index (χ4v) is 3.18. The minimum Gasteiger partial charge on any atom is -0.492 e. The molecule has 5 nitrogen and oxygen atoms in total. The topological polar surface area (TPSA) is 62.9 Å². The molecular formula is C22H30N4O. The SMILES string of the molecule is Cc1ccc(NC(N)=NCCc2ccc(OCCN3CCCC3)cc2)cc1. The molecule has 0 aromatic heterocycles. The van der Waals surface area contributed by atoms with Gasteiger partial charge in [-0.1, -0.05) is 29.8 Å². The van der Waals surface area contributed by atoms with Crippen molar-refractivity contribution >= 4 is 11.6 Å². The number of likely N-dealkylation sites (tertiary alicyclic amines) is 1. The molecule has 1 aliphatic rings. The molecule has 0 radical (unpaired) electrons. The van der Waals surface area contributed by atoms with E-state index >= 15 is 0 Å². The van der Waals surface area contributed by atoms with Crippen LogP contribution in [0.5, 0.6) is 5.75 Å². The molecule has 0 spiro atoms. The lowest BCUT2D eigenvalue weighted by molar-refractivity contribution is 0.238. The van der Waals surface area contributed by atoms with E-state index in [9.17, 15) is 0 Å². The molecule has 1 fully saturated rings. The largest absolute Gasteiger partial charge is 0.492 e. The summed E-state index contributed by atoms with van der Waals surface area (Å²) in [7, 11) is 0. The Hall–Kier alpha value is -2.53. The van der Waals surface area contributed by atoms with E-state index in [4.69, 9.17) is 10.5 Å². The zero-order valence-electron chi connectivity index (χ0n) is 16.2. The third-order valence-corrected chi connectivity index (χ3v) is 4.80. The normalized spacial score (nSPS) is 15.1. The van der Waals surface area contributed by atoms with Gasteiger partial charge >= 0.3 is 0 Å². The molecule has 2 aromatic carbocycles. The Morgan fingerprint density at radius 2 is 1.78 bits per heavy atom. The minimum absolute atomic E-state index is 0.445. The maximum absolute atomic E-state index is 5.95. The summed E-state index contributed by atoms with van der Waals surface area (Å²) in [5.74, 6) is 1.38. The summed E-state index contributed by atoms with van der Waals surface area (Å²) >= 11 is 0. The van der Waals surface area contributed by atoms with Crippen molar-refractivity contribution in [2.24, 2.45) is 10.7 Å². The van der Waals surface area contributed by atoms with Gasteiger partial charge in [-0.3, -0.25) is 9.89 Å². The number of anilines is 1. The highest BCUT2D eigenvalue weighted by Gasteiger charge is 2.10. The summed E-state index contributed by atoms with van der Waals surface area (Å²) in [5.41, 5.74) is 9.36. The summed E-state index contributed by atoms with van der Waals surface area (Å²) in [6.07, 6.45) is 3.49. The summed E-state index contributed by atoms with van der Waals surface area (Å²) < 4.78 is 5.84. The number of benzene rings is 2. The molecule has 0 bridgehead atoms. The van der Waals surface area contributed by atoms with Gasteiger partial charge in [-0.2, -0.15) is 0 Å². The van der Waals surface area contributed by atoms with Crippen LogP contribution in [0.25, 0.3) is 0 Å². The van der Waals surface area contributed by atoms with Gasteiger partial charge in [0.15, 0.2) is 5.96 Å². The molecule has 0 unspecified atom stereocenters. The van der Waals surface area contributed by atoms with E-state index < -0.39 is 0 Å². The summed E-state index contributed by atoms with van der Waals surface area (Å²) in [4.78, 5) is 6.86. The van der Waals surface area contributed by atoms with Crippen molar-refractivity contribution in [1.82, 2.24) is 4.90 Å². The number of aliphatic imine (C=N–C) groups is 1. The van der Waals surface area contributed by atoms with Crippen LogP contribution in [-0.4, -0.2) is 43.6 Å². The number of aryl methyl sites for hydroxylation is 1. The number of hydrogen-bond acceptors (Lipinski definition) is 3. The number of guanidine groups is 1. The average Bonchev–Trinajstić information content (AvgIpc) is 3.18. The molecule has 144 valence electrons. The van der Waals surface area contributed by atoms with Crippen LogP contribution in [0.3, 0.4) is 0 Å². The highest BCUT2D eigenvalue weighted by molar-refractivity contribution is 5.92. The summed E-state index contributed by atoms with van der Waals surface area (Å²) in [6.45, 7) is 6.91. The molecule has 0 amide bonds. The van der Waals surface area contributed by atoms with Crippen LogP contribution in [0.2, 0.25) is 0 Å². The minimum atomic E-state index is 0.445. The van der Waals surface area contributed by atoms with E-state index in [1.807, 2.05) is 36.4 Å². The van der Waals surface area contributed by atoms with Crippen molar-refractivity contribution in [3.63, 3.8) is 0 Å². The van der Waals surface area contributed by atoms with Crippen LogP contribution in [0, 0.1) is 6.92 Å². The maximum Gasteiger partial charge on any atom is 0.193 e. The van der Waals surface area contributed by atoms with Gasteiger partial charge in [-0.15, -0.1) is 0 Å². The van der Waals surface area contributed by atoms with Gasteiger partial charge in [0, 0.05) is 18.8 Å². The van der Waals surface area contributed by atoms with Crippen molar-refractivity contribution in [3.8, 4) is 5.75 Å². The van der Waals surface area contributed by atoms with E-state index in [2.05, 4.69) is 34.3 Å². The second kappa shape index (κ2) is 9.97. The first-order valence-electron chi connectivity index (χ1n) is 9.77. The van der Waals surface area contributed by atoms with Gasteiger partial charge in [0.1, 0.15) is 12.4 Å². The third kappa shape index (κ3) is 6.61. The molecule has 2 aromatic rings.